The van der Waals surface area contributed by atoms with Crippen LogP contribution in [0, 0.1) is 5.41 Å². The van der Waals surface area contributed by atoms with Crippen molar-refractivity contribution < 1.29 is 9.59 Å². The maximum Gasteiger partial charge on any atom is 0.239 e. The highest BCUT2D eigenvalue weighted by atomic mass is 35.5. The number of benzene rings is 2. The first-order chi connectivity index (χ1) is 14.6. The largest absolute Gasteiger partial charge is 0.347 e. The van der Waals surface area contributed by atoms with E-state index < -0.39 is 11.5 Å². The normalized spacial score (nSPS) is 27.3. The summed E-state index contributed by atoms with van der Waals surface area (Å²) in [5.74, 6) is -0.451. The van der Waals surface area contributed by atoms with Crippen LogP contribution >= 0.6 is 11.6 Å². The smallest absolute Gasteiger partial charge is 0.239 e. The lowest BCUT2D eigenvalue weighted by Crippen LogP contribution is -2.49. The topological polar surface area (TPSA) is 61.4 Å². The number of anilines is 1. The summed E-state index contributed by atoms with van der Waals surface area (Å²) < 4.78 is 0. The molecular weight excluding hydrogens is 410 g/mol. The fourth-order valence-corrected chi connectivity index (χ4v) is 5.52. The minimum Gasteiger partial charge on any atom is -0.347 e. The number of hydrogen-bond acceptors (Lipinski definition) is 3. The molecule has 4 rings (SSSR count). The second kappa shape index (κ2) is 7.64. The average Bonchev–Trinajstić information content (AvgIpc) is 3.16. The van der Waals surface area contributed by atoms with Crippen LogP contribution in [-0.4, -0.2) is 42.9 Å². The molecule has 1 spiro atoms. The van der Waals surface area contributed by atoms with Crippen molar-refractivity contribution in [3.63, 3.8) is 0 Å². The molecule has 0 unspecified atom stereocenters. The molecule has 0 aliphatic carbocycles. The number of amides is 2. The summed E-state index contributed by atoms with van der Waals surface area (Å²) in [6.45, 7) is 6.49. The molecule has 5 nitrogen and oxygen atoms in total. The first kappa shape index (κ1) is 21.8. The molecule has 4 atom stereocenters. The van der Waals surface area contributed by atoms with E-state index >= 15 is 0 Å². The lowest BCUT2D eigenvalue weighted by atomic mass is 9.62. The van der Waals surface area contributed by atoms with Crippen molar-refractivity contribution in [2.75, 3.05) is 19.4 Å². The van der Waals surface area contributed by atoms with Crippen LogP contribution in [0.4, 0.5) is 5.69 Å². The minimum absolute atomic E-state index is 0.0279. The van der Waals surface area contributed by atoms with Crippen molar-refractivity contribution in [1.29, 1.82) is 0 Å². The van der Waals surface area contributed by atoms with Gasteiger partial charge in [-0.3, -0.25) is 9.59 Å². The van der Waals surface area contributed by atoms with Gasteiger partial charge in [0.05, 0.1) is 6.04 Å². The molecule has 2 N–H and O–H groups in total. The highest BCUT2D eigenvalue weighted by Crippen LogP contribution is 2.56. The lowest BCUT2D eigenvalue weighted by molar-refractivity contribution is -0.131. The number of nitrogens with one attached hydrogen (secondary N) is 2. The third-order valence-electron chi connectivity index (χ3n) is 6.49. The van der Waals surface area contributed by atoms with E-state index in [0.29, 0.717) is 5.02 Å². The van der Waals surface area contributed by atoms with Gasteiger partial charge in [0.25, 0.3) is 0 Å². The Kier molecular flexibility index (Phi) is 5.39. The lowest BCUT2D eigenvalue weighted by Gasteiger charge is -2.37. The van der Waals surface area contributed by atoms with Gasteiger partial charge in [-0.25, -0.2) is 0 Å². The molecule has 2 aromatic carbocycles. The number of halogens is 1. The van der Waals surface area contributed by atoms with E-state index in [1.807, 2.05) is 42.5 Å². The second-order valence-electron chi connectivity index (χ2n) is 10.1. The molecule has 1 saturated heterocycles. The van der Waals surface area contributed by atoms with Gasteiger partial charge in [0.15, 0.2) is 0 Å². The zero-order chi connectivity index (χ0) is 22.6. The number of likely N-dealkylation sites (N-methyl/N-ethyl adjacent to an activating group) is 1. The van der Waals surface area contributed by atoms with E-state index in [-0.39, 0.29) is 29.2 Å². The van der Waals surface area contributed by atoms with Crippen LogP contribution in [0.1, 0.15) is 44.2 Å². The molecule has 0 saturated carbocycles. The second-order valence-corrected chi connectivity index (χ2v) is 10.5. The number of rotatable bonds is 3. The highest BCUT2D eigenvalue weighted by molar-refractivity contribution is 6.31. The molecule has 2 aliphatic heterocycles. The molecule has 31 heavy (non-hydrogen) atoms. The van der Waals surface area contributed by atoms with Gasteiger partial charge in [0, 0.05) is 36.8 Å². The summed E-state index contributed by atoms with van der Waals surface area (Å²) >= 11 is 6.26. The van der Waals surface area contributed by atoms with Crippen molar-refractivity contribution in [2.24, 2.45) is 5.41 Å². The monoisotopic (exact) mass is 439 g/mol. The molecule has 0 bridgehead atoms. The number of hydrogen-bond donors (Lipinski definition) is 2. The van der Waals surface area contributed by atoms with Gasteiger partial charge in [-0.1, -0.05) is 68.8 Å². The molecule has 164 valence electrons. The summed E-state index contributed by atoms with van der Waals surface area (Å²) in [5.41, 5.74) is 1.66. The predicted molar refractivity (Wildman–Crippen MR) is 124 cm³/mol. The maximum absolute atomic E-state index is 13.9. The van der Waals surface area contributed by atoms with Gasteiger partial charge in [-0.15, -0.1) is 0 Å². The number of fused-ring (bicyclic) bond motifs is 2. The van der Waals surface area contributed by atoms with Gasteiger partial charge in [-0.2, -0.15) is 0 Å². The van der Waals surface area contributed by atoms with Crippen molar-refractivity contribution in [3.8, 4) is 0 Å². The van der Waals surface area contributed by atoms with Crippen LogP contribution in [0.15, 0.2) is 48.5 Å². The molecule has 0 aromatic heterocycles. The molecule has 2 heterocycles. The number of carbonyl (C=O) groups excluding carboxylic acids is 2. The fourth-order valence-electron chi connectivity index (χ4n) is 5.35. The van der Waals surface area contributed by atoms with E-state index in [1.54, 1.807) is 25.1 Å². The van der Waals surface area contributed by atoms with Gasteiger partial charge >= 0.3 is 0 Å². The minimum atomic E-state index is -0.912. The Morgan fingerprint density at radius 3 is 2.42 bits per heavy atom. The zero-order valence-electron chi connectivity index (χ0n) is 18.7. The summed E-state index contributed by atoms with van der Waals surface area (Å²) in [5, 5.41) is 7.27. The van der Waals surface area contributed by atoms with Crippen molar-refractivity contribution >= 4 is 29.1 Å². The van der Waals surface area contributed by atoms with E-state index in [2.05, 4.69) is 31.4 Å². The van der Waals surface area contributed by atoms with Gasteiger partial charge in [0.2, 0.25) is 11.8 Å². The maximum atomic E-state index is 13.9. The Morgan fingerprint density at radius 1 is 1.13 bits per heavy atom. The van der Waals surface area contributed by atoms with Crippen LogP contribution in [0.3, 0.4) is 0 Å². The van der Waals surface area contributed by atoms with E-state index in [1.165, 1.54) is 0 Å². The number of nitrogens with zero attached hydrogens (tertiary/aromatic N) is 1. The van der Waals surface area contributed by atoms with E-state index in [4.69, 9.17) is 11.6 Å². The van der Waals surface area contributed by atoms with Crippen molar-refractivity contribution in [2.45, 2.75) is 50.6 Å². The van der Waals surface area contributed by atoms with Crippen LogP contribution in [0.5, 0.6) is 0 Å². The molecule has 2 aliphatic rings. The summed E-state index contributed by atoms with van der Waals surface area (Å²) in [4.78, 5) is 28.8. The molecular formula is C25H30ClN3O2. The summed E-state index contributed by atoms with van der Waals surface area (Å²) in [6, 6.07) is 14.8. The van der Waals surface area contributed by atoms with Crippen molar-refractivity contribution in [1.82, 2.24) is 10.2 Å². The fraction of sp³-hybridized carbons (Fsp3) is 0.440. The van der Waals surface area contributed by atoms with Crippen molar-refractivity contribution in [3.05, 3.63) is 64.7 Å². The molecule has 1 fully saturated rings. The van der Waals surface area contributed by atoms with Crippen LogP contribution < -0.4 is 10.6 Å². The zero-order valence-corrected chi connectivity index (χ0v) is 19.5. The third kappa shape index (κ3) is 3.54. The summed E-state index contributed by atoms with van der Waals surface area (Å²) in [7, 11) is 3.52. The Balaban J connectivity index is 1.99. The van der Waals surface area contributed by atoms with Crippen LogP contribution in [-0.2, 0) is 15.0 Å². The van der Waals surface area contributed by atoms with Gasteiger partial charge < -0.3 is 15.5 Å². The SMILES string of the molecule is CN(C)C(=O)[C@H]1N[C@H](CC(C)(C)C)[C@@]2(C(=O)Nc3cc(Cl)ccc32)[C@@H]1c1ccccc1. The third-order valence-corrected chi connectivity index (χ3v) is 6.72. The Labute approximate surface area is 189 Å². The van der Waals surface area contributed by atoms with Crippen LogP contribution in [0.25, 0.3) is 0 Å². The standard InChI is InChI=1S/C25H30ClN3O2/c1-24(2,3)14-19-25(17-12-11-16(26)13-18(17)27-23(25)31)20(15-9-7-6-8-10-15)21(28-19)22(30)29(4)5/h6-13,19-21,28H,14H2,1-5H3,(H,27,31)/t19-,20-,21+,25-/m1/s1. The van der Waals surface area contributed by atoms with Gasteiger partial charge in [0.1, 0.15) is 5.41 Å². The summed E-state index contributed by atoms with van der Waals surface area (Å²) in [6.07, 6.45) is 0.739. The highest BCUT2D eigenvalue weighted by Gasteiger charge is 2.65. The van der Waals surface area contributed by atoms with Gasteiger partial charge in [-0.05, 0) is 35.1 Å². The molecule has 2 aromatic rings. The predicted octanol–water partition coefficient (Wildman–Crippen LogP) is 4.18. The Bertz CT molecular complexity index is 1020. The molecule has 0 radical (unpaired) electrons. The quantitative estimate of drug-likeness (QED) is 0.754. The van der Waals surface area contributed by atoms with E-state index in [9.17, 15) is 9.59 Å². The number of carbonyl (C=O) groups is 2. The van der Waals surface area contributed by atoms with E-state index in [0.717, 1.165) is 23.2 Å². The molecule has 6 heteroatoms. The first-order valence-electron chi connectivity index (χ1n) is 10.7. The average molecular weight is 440 g/mol. The molecule has 2 amide bonds. The first-order valence-corrected chi connectivity index (χ1v) is 11.1. The van der Waals surface area contributed by atoms with Crippen LogP contribution in [0.2, 0.25) is 5.02 Å². The Morgan fingerprint density at radius 2 is 1.81 bits per heavy atom. The Hall–Kier alpha value is -2.37.